The number of ether oxygens (including phenoxy) is 3. The summed E-state index contributed by atoms with van der Waals surface area (Å²) in [5.41, 5.74) is 0. The minimum Gasteiger partial charge on any atom is -0.477 e. The van der Waals surface area contributed by atoms with E-state index < -0.39 is 0 Å². The molecule has 0 bridgehead atoms. The van der Waals surface area contributed by atoms with E-state index in [0.717, 1.165) is 6.42 Å². The van der Waals surface area contributed by atoms with Crippen LogP contribution < -0.4 is 4.74 Å². The van der Waals surface area contributed by atoms with E-state index in [4.69, 9.17) is 25.8 Å². The molecule has 0 atom stereocenters. The van der Waals surface area contributed by atoms with Gasteiger partial charge < -0.3 is 14.2 Å². The zero-order chi connectivity index (χ0) is 12.5. The molecule has 0 amide bonds. The Labute approximate surface area is 114 Å². The van der Waals surface area contributed by atoms with Crippen molar-refractivity contribution in [3.8, 4) is 5.88 Å². The van der Waals surface area contributed by atoms with Crippen molar-refractivity contribution in [2.45, 2.75) is 6.42 Å². The second-order valence-corrected chi connectivity index (χ2v) is 4.24. The number of aromatic nitrogens is 2. The molecule has 5 nitrogen and oxygen atoms in total. The zero-order valence-corrected chi connectivity index (χ0v) is 11.8. The Bertz CT molecular complexity index is 341. The van der Waals surface area contributed by atoms with Crippen LogP contribution in [0.3, 0.4) is 0 Å². The summed E-state index contributed by atoms with van der Waals surface area (Å²) in [5, 5.41) is 0.339. The fraction of sp³-hybridized carbons (Fsp3) is 0.600. The van der Waals surface area contributed by atoms with Crippen molar-refractivity contribution in [1.29, 1.82) is 0 Å². The van der Waals surface area contributed by atoms with Crippen LogP contribution in [0.4, 0.5) is 0 Å². The Kier molecular flexibility index (Phi) is 7.43. The fourth-order valence-electron chi connectivity index (χ4n) is 1.01. The number of halogens is 2. The van der Waals surface area contributed by atoms with Crippen molar-refractivity contribution < 1.29 is 14.2 Å². The highest BCUT2D eigenvalue weighted by molar-refractivity contribution is 9.10. The molecule has 0 unspecified atom stereocenters. The fourth-order valence-corrected chi connectivity index (χ4v) is 1.45. The number of hydrogen-bond donors (Lipinski definition) is 0. The van der Waals surface area contributed by atoms with Gasteiger partial charge in [-0.2, -0.15) is 0 Å². The molecule has 0 aliphatic heterocycles. The summed E-state index contributed by atoms with van der Waals surface area (Å²) in [6.07, 6.45) is 2.13. The maximum absolute atomic E-state index is 5.79. The van der Waals surface area contributed by atoms with Gasteiger partial charge in [0, 0.05) is 20.1 Å². The van der Waals surface area contributed by atoms with E-state index in [0.29, 0.717) is 41.9 Å². The summed E-state index contributed by atoms with van der Waals surface area (Å²) in [6.45, 7) is 2.34. The molecule has 7 heteroatoms. The van der Waals surface area contributed by atoms with Gasteiger partial charge in [0.05, 0.1) is 19.8 Å². The third-order valence-electron chi connectivity index (χ3n) is 1.82. The van der Waals surface area contributed by atoms with Crippen LogP contribution >= 0.6 is 27.5 Å². The second-order valence-electron chi connectivity index (χ2n) is 3.09. The molecule has 1 rings (SSSR count). The Hall–Kier alpha value is -0.430. The molecule has 0 aliphatic carbocycles. The SMILES string of the molecule is COCCOCCCOc1ncnc(Cl)c1Br. The molecule has 0 aromatic carbocycles. The summed E-state index contributed by atoms with van der Waals surface area (Å²) < 4.78 is 16.1. The van der Waals surface area contributed by atoms with E-state index in [-0.39, 0.29) is 0 Å². The van der Waals surface area contributed by atoms with Crippen molar-refractivity contribution in [1.82, 2.24) is 9.97 Å². The Morgan fingerprint density at radius 2 is 2.06 bits per heavy atom. The second kappa shape index (κ2) is 8.63. The van der Waals surface area contributed by atoms with Gasteiger partial charge in [-0.1, -0.05) is 11.6 Å². The quantitative estimate of drug-likeness (QED) is 0.542. The minimum absolute atomic E-state index is 0.339. The molecule has 0 N–H and O–H groups in total. The summed E-state index contributed by atoms with van der Waals surface area (Å²) in [4.78, 5) is 7.77. The van der Waals surface area contributed by atoms with E-state index >= 15 is 0 Å². The van der Waals surface area contributed by atoms with Crippen LogP contribution in [0.25, 0.3) is 0 Å². The van der Waals surface area contributed by atoms with E-state index in [1.54, 1.807) is 7.11 Å². The van der Waals surface area contributed by atoms with Gasteiger partial charge in [0.15, 0.2) is 5.15 Å². The molecule has 0 saturated heterocycles. The molecular weight excluding hydrogens is 311 g/mol. The average molecular weight is 326 g/mol. The molecule has 17 heavy (non-hydrogen) atoms. The summed E-state index contributed by atoms with van der Waals surface area (Å²) in [7, 11) is 1.64. The van der Waals surface area contributed by atoms with Crippen molar-refractivity contribution in [2.75, 3.05) is 33.5 Å². The largest absolute Gasteiger partial charge is 0.477 e. The molecule has 96 valence electrons. The predicted octanol–water partition coefficient (Wildman–Crippen LogP) is 2.32. The van der Waals surface area contributed by atoms with Gasteiger partial charge in [0.1, 0.15) is 10.8 Å². The van der Waals surface area contributed by atoms with Crippen LogP contribution in [0.15, 0.2) is 10.8 Å². The first kappa shape index (κ1) is 14.6. The first-order valence-electron chi connectivity index (χ1n) is 5.11. The average Bonchev–Trinajstić information content (AvgIpc) is 2.33. The third kappa shape index (κ3) is 5.63. The molecule has 0 fully saturated rings. The topological polar surface area (TPSA) is 53.5 Å². The first-order valence-corrected chi connectivity index (χ1v) is 6.28. The molecule has 0 saturated carbocycles. The highest BCUT2D eigenvalue weighted by Crippen LogP contribution is 2.27. The predicted molar refractivity (Wildman–Crippen MR) is 67.5 cm³/mol. The van der Waals surface area contributed by atoms with Crippen molar-refractivity contribution >= 4 is 27.5 Å². The standard InChI is InChI=1S/C10H14BrClN2O3/c1-15-5-6-16-3-2-4-17-10-8(11)9(12)13-7-14-10/h7H,2-6H2,1H3. The minimum atomic E-state index is 0.339. The van der Waals surface area contributed by atoms with Gasteiger partial charge in [-0.25, -0.2) is 9.97 Å². The Morgan fingerprint density at radius 3 is 2.82 bits per heavy atom. The van der Waals surface area contributed by atoms with Gasteiger partial charge in [0.2, 0.25) is 5.88 Å². The molecular formula is C10H14BrClN2O3. The molecule has 0 spiro atoms. The number of methoxy groups -OCH3 is 1. The van der Waals surface area contributed by atoms with E-state index in [9.17, 15) is 0 Å². The van der Waals surface area contributed by atoms with Crippen LogP contribution in [-0.4, -0.2) is 43.5 Å². The molecule has 1 aromatic rings. The highest BCUT2D eigenvalue weighted by Gasteiger charge is 2.07. The maximum atomic E-state index is 5.79. The first-order chi connectivity index (χ1) is 8.25. The monoisotopic (exact) mass is 324 g/mol. The summed E-state index contributed by atoms with van der Waals surface area (Å²) in [6, 6.07) is 0. The summed E-state index contributed by atoms with van der Waals surface area (Å²) in [5.74, 6) is 0.446. The molecule has 0 radical (unpaired) electrons. The van der Waals surface area contributed by atoms with Crippen LogP contribution in [0.5, 0.6) is 5.88 Å². The van der Waals surface area contributed by atoms with Gasteiger partial charge >= 0.3 is 0 Å². The van der Waals surface area contributed by atoms with Gasteiger partial charge in [0.25, 0.3) is 0 Å². The lowest BCUT2D eigenvalue weighted by Gasteiger charge is -2.07. The number of hydrogen-bond acceptors (Lipinski definition) is 5. The lowest BCUT2D eigenvalue weighted by atomic mass is 10.5. The van der Waals surface area contributed by atoms with Crippen LogP contribution in [0.2, 0.25) is 5.15 Å². The Morgan fingerprint density at radius 1 is 1.24 bits per heavy atom. The van der Waals surface area contributed by atoms with Crippen molar-refractivity contribution in [2.24, 2.45) is 0 Å². The lowest BCUT2D eigenvalue weighted by molar-refractivity contribution is 0.0641. The normalized spacial score (nSPS) is 10.5. The maximum Gasteiger partial charge on any atom is 0.232 e. The molecule has 1 aromatic heterocycles. The third-order valence-corrected chi connectivity index (χ3v) is 3.05. The highest BCUT2D eigenvalue weighted by atomic mass is 79.9. The molecule has 0 aliphatic rings. The Balaban J connectivity index is 2.16. The van der Waals surface area contributed by atoms with Crippen LogP contribution in [-0.2, 0) is 9.47 Å². The number of rotatable bonds is 8. The summed E-state index contributed by atoms with van der Waals surface area (Å²) >= 11 is 9.05. The van der Waals surface area contributed by atoms with Gasteiger partial charge in [-0.3, -0.25) is 0 Å². The smallest absolute Gasteiger partial charge is 0.232 e. The van der Waals surface area contributed by atoms with Gasteiger partial charge in [-0.15, -0.1) is 0 Å². The van der Waals surface area contributed by atoms with Gasteiger partial charge in [-0.05, 0) is 15.9 Å². The van der Waals surface area contributed by atoms with Crippen LogP contribution in [0, 0.1) is 0 Å². The van der Waals surface area contributed by atoms with E-state index in [2.05, 4.69) is 25.9 Å². The lowest BCUT2D eigenvalue weighted by Crippen LogP contribution is -2.07. The zero-order valence-electron chi connectivity index (χ0n) is 9.49. The van der Waals surface area contributed by atoms with E-state index in [1.807, 2.05) is 0 Å². The van der Waals surface area contributed by atoms with Crippen molar-refractivity contribution in [3.05, 3.63) is 16.0 Å². The number of nitrogens with zero attached hydrogens (tertiary/aromatic N) is 2. The van der Waals surface area contributed by atoms with Crippen LogP contribution in [0.1, 0.15) is 6.42 Å². The van der Waals surface area contributed by atoms with Crippen molar-refractivity contribution in [3.63, 3.8) is 0 Å². The molecule has 1 heterocycles. The van der Waals surface area contributed by atoms with E-state index in [1.165, 1.54) is 6.33 Å².